The summed E-state index contributed by atoms with van der Waals surface area (Å²) in [6.45, 7) is 2.74. The number of nitrogens with one attached hydrogen (secondary N) is 2. The predicted octanol–water partition coefficient (Wildman–Crippen LogP) is 3.36. The first-order valence-electron chi connectivity index (χ1n) is 9.11. The van der Waals surface area contributed by atoms with Gasteiger partial charge in [-0.05, 0) is 36.2 Å². The molecule has 1 aromatic carbocycles. The van der Waals surface area contributed by atoms with Gasteiger partial charge < -0.3 is 10.6 Å². The van der Waals surface area contributed by atoms with E-state index in [0.29, 0.717) is 18.8 Å². The maximum atomic E-state index is 12.8. The number of hydrogen-bond acceptors (Lipinski definition) is 6. The molecule has 10 heteroatoms. The van der Waals surface area contributed by atoms with Gasteiger partial charge in [0.15, 0.2) is 0 Å². The molecule has 0 saturated heterocycles. The second-order valence-corrected chi connectivity index (χ2v) is 6.50. The molecule has 0 aliphatic heterocycles. The molecule has 0 fully saturated rings. The van der Waals surface area contributed by atoms with E-state index >= 15 is 0 Å². The summed E-state index contributed by atoms with van der Waals surface area (Å²) in [6, 6.07) is 8.64. The van der Waals surface area contributed by atoms with Crippen molar-refractivity contribution in [3.63, 3.8) is 0 Å². The minimum absolute atomic E-state index is 0.0909. The Morgan fingerprint density at radius 1 is 1.30 bits per heavy atom. The fraction of sp³-hybridized carbons (Fsp3) is 0.250. The van der Waals surface area contributed by atoms with E-state index in [-0.39, 0.29) is 24.0 Å². The first kappa shape index (κ1) is 20.9. The first-order chi connectivity index (χ1) is 14.4. The van der Waals surface area contributed by atoms with Crippen LogP contribution in [-0.4, -0.2) is 32.2 Å². The molecule has 0 unspecified atom stereocenters. The molecule has 0 aliphatic carbocycles. The van der Waals surface area contributed by atoms with Gasteiger partial charge in [0.2, 0.25) is 11.9 Å². The number of nitriles is 1. The molecule has 0 aliphatic rings. The molecular weight excluding hydrogens is 392 g/mol. The van der Waals surface area contributed by atoms with Crippen LogP contribution in [0.25, 0.3) is 11.1 Å². The number of alkyl halides is 2. The summed E-state index contributed by atoms with van der Waals surface area (Å²) < 4.78 is 27.4. The quantitative estimate of drug-likeness (QED) is 0.588. The summed E-state index contributed by atoms with van der Waals surface area (Å²) in [5.74, 6) is -0.231. The lowest BCUT2D eigenvalue weighted by molar-refractivity contribution is -0.120. The molecule has 0 atom stereocenters. The van der Waals surface area contributed by atoms with Crippen LogP contribution in [0.3, 0.4) is 0 Å². The summed E-state index contributed by atoms with van der Waals surface area (Å²) in [5, 5.41) is 18.4. The molecule has 2 N–H and O–H groups in total. The van der Waals surface area contributed by atoms with Crippen molar-refractivity contribution < 1.29 is 13.6 Å². The Hall–Kier alpha value is -3.87. The van der Waals surface area contributed by atoms with Gasteiger partial charge >= 0.3 is 0 Å². The maximum absolute atomic E-state index is 12.8. The number of aryl methyl sites for hydroxylation is 1. The smallest absolute Gasteiger partial charge is 0.280 e. The van der Waals surface area contributed by atoms with Crippen LogP contribution in [0.4, 0.5) is 20.4 Å². The van der Waals surface area contributed by atoms with E-state index < -0.39 is 6.43 Å². The lowest BCUT2D eigenvalue weighted by atomic mass is 10.1. The van der Waals surface area contributed by atoms with E-state index in [1.807, 2.05) is 31.3 Å². The van der Waals surface area contributed by atoms with Crippen LogP contribution >= 0.6 is 0 Å². The van der Waals surface area contributed by atoms with Crippen molar-refractivity contribution in [2.75, 3.05) is 11.9 Å². The number of benzene rings is 1. The Kier molecular flexibility index (Phi) is 6.64. The zero-order valence-electron chi connectivity index (χ0n) is 16.1. The van der Waals surface area contributed by atoms with Crippen molar-refractivity contribution in [2.45, 2.75) is 26.3 Å². The second-order valence-electron chi connectivity index (χ2n) is 6.50. The van der Waals surface area contributed by atoms with E-state index in [9.17, 15) is 13.6 Å². The van der Waals surface area contributed by atoms with Crippen molar-refractivity contribution in [2.24, 2.45) is 0 Å². The predicted molar refractivity (Wildman–Crippen MR) is 106 cm³/mol. The van der Waals surface area contributed by atoms with Gasteiger partial charge in [0.1, 0.15) is 12.1 Å². The molecule has 3 aromatic rings. The van der Waals surface area contributed by atoms with Crippen molar-refractivity contribution in [3.8, 4) is 17.2 Å². The minimum atomic E-state index is -2.67. The zero-order chi connectivity index (χ0) is 21.5. The summed E-state index contributed by atoms with van der Waals surface area (Å²) in [7, 11) is 0. The largest absolute Gasteiger partial charge is 0.353 e. The Bertz CT molecular complexity index is 1080. The van der Waals surface area contributed by atoms with Gasteiger partial charge in [-0.3, -0.25) is 9.48 Å². The summed E-state index contributed by atoms with van der Waals surface area (Å²) in [6.07, 6.45) is 1.98. The minimum Gasteiger partial charge on any atom is -0.353 e. The molecular formula is C20H19F2N7O. The highest BCUT2D eigenvalue weighted by atomic mass is 19.3. The average Bonchev–Trinajstić information content (AvgIpc) is 3.17. The van der Waals surface area contributed by atoms with Crippen LogP contribution in [0.1, 0.15) is 24.1 Å². The van der Waals surface area contributed by atoms with Gasteiger partial charge in [0.05, 0.1) is 18.8 Å². The number of hydrogen-bond donors (Lipinski definition) is 2. The van der Waals surface area contributed by atoms with Crippen molar-refractivity contribution in [3.05, 3.63) is 54.1 Å². The van der Waals surface area contributed by atoms with Crippen LogP contribution in [0, 0.1) is 18.3 Å². The van der Waals surface area contributed by atoms with Gasteiger partial charge in [0.25, 0.3) is 6.43 Å². The Morgan fingerprint density at radius 2 is 2.13 bits per heavy atom. The monoisotopic (exact) mass is 411 g/mol. The zero-order valence-corrected chi connectivity index (χ0v) is 16.1. The molecule has 2 heterocycles. The highest BCUT2D eigenvalue weighted by Gasteiger charge is 2.11. The van der Waals surface area contributed by atoms with Gasteiger partial charge in [-0.25, -0.2) is 18.7 Å². The van der Waals surface area contributed by atoms with Crippen LogP contribution in [0.2, 0.25) is 0 Å². The number of nitrogens with zero attached hydrogens (tertiary/aromatic N) is 5. The second kappa shape index (κ2) is 9.56. The Labute approximate surface area is 171 Å². The third kappa shape index (κ3) is 5.57. The summed E-state index contributed by atoms with van der Waals surface area (Å²) in [5.41, 5.74) is 3.00. The highest BCUT2D eigenvalue weighted by Crippen LogP contribution is 2.26. The molecule has 0 saturated carbocycles. The lowest BCUT2D eigenvalue weighted by Crippen LogP contribution is -2.26. The van der Waals surface area contributed by atoms with Crippen molar-refractivity contribution >= 4 is 17.5 Å². The SMILES string of the molecule is Cc1cc(Nc2nccc(C(F)F)n2)cc(-c2cnn(CCNC(=O)CC#N)c2)c1. The summed E-state index contributed by atoms with van der Waals surface area (Å²) >= 11 is 0. The van der Waals surface area contributed by atoms with Crippen molar-refractivity contribution in [1.82, 2.24) is 25.1 Å². The van der Waals surface area contributed by atoms with Gasteiger partial charge in [-0.15, -0.1) is 0 Å². The first-order valence-corrected chi connectivity index (χ1v) is 9.11. The standard InChI is InChI=1S/C20H19F2N7O/c1-13-8-14(15-11-26-29(12-15)7-6-24-18(30)2-4-23)10-16(9-13)27-20-25-5-3-17(28-20)19(21)22/h3,5,8-12,19H,2,6-7H2,1H3,(H,24,30)(H,25,27,28). The number of carbonyl (C=O) groups is 1. The Balaban J connectivity index is 1.71. The maximum Gasteiger partial charge on any atom is 0.280 e. The number of carbonyl (C=O) groups excluding carboxylic acids is 1. The number of halogens is 2. The molecule has 1 amide bonds. The van der Waals surface area contributed by atoms with Gasteiger partial charge in [-0.1, -0.05) is 6.07 Å². The molecule has 30 heavy (non-hydrogen) atoms. The normalized spacial score (nSPS) is 10.6. The number of amides is 1. The highest BCUT2D eigenvalue weighted by molar-refractivity contribution is 5.77. The molecule has 0 bridgehead atoms. The third-order valence-corrected chi connectivity index (χ3v) is 4.10. The van der Waals surface area contributed by atoms with Gasteiger partial charge in [-0.2, -0.15) is 10.4 Å². The average molecular weight is 411 g/mol. The molecule has 0 spiro atoms. The third-order valence-electron chi connectivity index (χ3n) is 4.10. The van der Waals surface area contributed by atoms with Crippen LogP contribution in [0.5, 0.6) is 0 Å². The van der Waals surface area contributed by atoms with Crippen LogP contribution in [0.15, 0.2) is 42.9 Å². The van der Waals surface area contributed by atoms with Crippen LogP contribution < -0.4 is 10.6 Å². The fourth-order valence-electron chi connectivity index (χ4n) is 2.78. The van der Waals surface area contributed by atoms with E-state index in [1.54, 1.807) is 16.9 Å². The molecule has 154 valence electrons. The lowest BCUT2D eigenvalue weighted by Gasteiger charge is -2.09. The molecule has 0 radical (unpaired) electrons. The number of anilines is 2. The van der Waals surface area contributed by atoms with Crippen molar-refractivity contribution in [1.29, 1.82) is 5.26 Å². The molecule has 3 rings (SSSR count). The molecule has 8 nitrogen and oxygen atoms in total. The van der Waals surface area contributed by atoms with Gasteiger partial charge in [0, 0.05) is 30.2 Å². The van der Waals surface area contributed by atoms with E-state index in [0.717, 1.165) is 16.7 Å². The van der Waals surface area contributed by atoms with E-state index in [1.165, 1.54) is 12.3 Å². The fourth-order valence-corrected chi connectivity index (χ4v) is 2.78. The molecule has 2 aromatic heterocycles. The topological polar surface area (TPSA) is 109 Å². The van der Waals surface area contributed by atoms with Crippen LogP contribution in [-0.2, 0) is 11.3 Å². The number of aromatic nitrogens is 4. The summed E-state index contributed by atoms with van der Waals surface area (Å²) in [4.78, 5) is 19.1. The Morgan fingerprint density at radius 3 is 2.90 bits per heavy atom. The van der Waals surface area contributed by atoms with E-state index in [4.69, 9.17) is 5.26 Å². The van der Waals surface area contributed by atoms with E-state index in [2.05, 4.69) is 25.7 Å². The number of rotatable bonds is 8.